The fraction of sp³-hybridized carbons (Fsp3) is 0.500. The van der Waals surface area contributed by atoms with E-state index in [4.69, 9.17) is 11.6 Å². The van der Waals surface area contributed by atoms with Crippen molar-refractivity contribution in [3.05, 3.63) is 28.7 Å². The molecule has 0 fully saturated rings. The molecule has 2 aromatic heterocycles. The van der Waals surface area contributed by atoms with Gasteiger partial charge in [0.05, 0.1) is 23.0 Å². The van der Waals surface area contributed by atoms with Gasteiger partial charge >= 0.3 is 0 Å². The third-order valence-electron chi connectivity index (χ3n) is 2.85. The van der Waals surface area contributed by atoms with Gasteiger partial charge in [-0.25, -0.2) is 0 Å². The van der Waals surface area contributed by atoms with Gasteiger partial charge in [-0.2, -0.15) is 10.2 Å². The summed E-state index contributed by atoms with van der Waals surface area (Å²) >= 11 is 6.24. The quantitative estimate of drug-likeness (QED) is 0.906. The number of anilines is 1. The van der Waals surface area contributed by atoms with Crippen LogP contribution in [-0.2, 0) is 19.6 Å². The number of nitrogens with zero attached hydrogens (tertiary/aromatic N) is 4. The molecule has 0 aromatic carbocycles. The van der Waals surface area contributed by atoms with E-state index in [1.807, 2.05) is 28.6 Å². The highest BCUT2D eigenvalue weighted by Crippen LogP contribution is 2.21. The van der Waals surface area contributed by atoms with Gasteiger partial charge in [-0.1, -0.05) is 11.6 Å². The fourth-order valence-electron chi connectivity index (χ4n) is 1.84. The molecule has 0 atom stereocenters. The van der Waals surface area contributed by atoms with Gasteiger partial charge in [0.1, 0.15) is 5.82 Å². The Kier molecular flexibility index (Phi) is 3.91. The van der Waals surface area contributed by atoms with Gasteiger partial charge in [-0.15, -0.1) is 0 Å². The highest BCUT2D eigenvalue weighted by molar-refractivity contribution is 6.31. The number of aromatic nitrogens is 4. The molecular weight excluding hydrogens is 250 g/mol. The van der Waals surface area contributed by atoms with E-state index in [-0.39, 0.29) is 0 Å². The number of hydrogen-bond acceptors (Lipinski definition) is 3. The van der Waals surface area contributed by atoms with Crippen LogP contribution in [0.3, 0.4) is 0 Å². The third kappa shape index (κ3) is 2.51. The van der Waals surface area contributed by atoms with Gasteiger partial charge in [0.15, 0.2) is 0 Å². The Hall–Kier alpha value is -1.49. The molecule has 0 amide bonds. The summed E-state index contributed by atoms with van der Waals surface area (Å²) in [5, 5.41) is 12.8. The molecule has 18 heavy (non-hydrogen) atoms. The molecule has 0 aliphatic rings. The minimum Gasteiger partial charge on any atom is -0.363 e. The first kappa shape index (κ1) is 13.0. The van der Waals surface area contributed by atoms with Gasteiger partial charge < -0.3 is 5.32 Å². The minimum atomic E-state index is 0.633. The summed E-state index contributed by atoms with van der Waals surface area (Å²) in [6.45, 7) is 8.35. The average Bonchev–Trinajstić information content (AvgIpc) is 2.94. The molecule has 2 rings (SSSR count). The second-order valence-corrected chi connectivity index (χ2v) is 4.45. The topological polar surface area (TPSA) is 47.7 Å². The Balaban J connectivity index is 2.10. The highest BCUT2D eigenvalue weighted by atomic mass is 35.5. The maximum Gasteiger partial charge on any atom is 0.148 e. The van der Waals surface area contributed by atoms with Crippen LogP contribution in [0.2, 0.25) is 5.02 Å². The van der Waals surface area contributed by atoms with Gasteiger partial charge in [0.2, 0.25) is 0 Å². The molecule has 0 spiro atoms. The molecule has 0 saturated heterocycles. The molecule has 0 aliphatic heterocycles. The summed E-state index contributed by atoms with van der Waals surface area (Å²) < 4.78 is 3.80. The van der Waals surface area contributed by atoms with Crippen LogP contribution in [0.4, 0.5) is 5.82 Å². The Morgan fingerprint density at radius 2 is 2.06 bits per heavy atom. The zero-order valence-corrected chi connectivity index (χ0v) is 11.7. The summed E-state index contributed by atoms with van der Waals surface area (Å²) in [4.78, 5) is 0. The Bertz CT molecular complexity index is 529. The average molecular weight is 268 g/mol. The first-order chi connectivity index (χ1) is 8.65. The molecule has 2 aromatic rings. The molecule has 5 nitrogen and oxygen atoms in total. The molecule has 2 heterocycles. The van der Waals surface area contributed by atoms with E-state index in [1.54, 1.807) is 0 Å². The van der Waals surface area contributed by atoms with E-state index in [2.05, 4.69) is 29.4 Å². The van der Waals surface area contributed by atoms with Crippen LogP contribution in [-0.4, -0.2) is 19.6 Å². The molecule has 0 unspecified atom stereocenters. The Labute approximate surface area is 112 Å². The molecule has 0 saturated carbocycles. The van der Waals surface area contributed by atoms with Crippen molar-refractivity contribution in [2.75, 3.05) is 5.32 Å². The lowest BCUT2D eigenvalue weighted by molar-refractivity contribution is 0.621. The van der Waals surface area contributed by atoms with Crippen LogP contribution < -0.4 is 5.32 Å². The first-order valence-electron chi connectivity index (χ1n) is 6.14. The highest BCUT2D eigenvalue weighted by Gasteiger charge is 2.12. The van der Waals surface area contributed by atoms with Gasteiger partial charge in [-0.05, 0) is 20.8 Å². The second-order valence-electron chi connectivity index (χ2n) is 4.07. The van der Waals surface area contributed by atoms with Gasteiger partial charge in [0.25, 0.3) is 0 Å². The van der Waals surface area contributed by atoms with E-state index in [9.17, 15) is 0 Å². The molecule has 0 aliphatic carbocycles. The standard InChI is InChI=1S/C12H18ClN5/c1-4-17-7-6-11(16-17)14-8-10-12(13)9(3)15-18(10)5-2/h6-7H,4-5,8H2,1-3H3,(H,14,16). The second kappa shape index (κ2) is 5.44. The molecule has 0 bridgehead atoms. The maximum absolute atomic E-state index is 6.24. The Morgan fingerprint density at radius 1 is 1.28 bits per heavy atom. The van der Waals surface area contributed by atoms with Crippen LogP contribution in [0.15, 0.2) is 12.3 Å². The largest absolute Gasteiger partial charge is 0.363 e. The van der Waals surface area contributed by atoms with E-state index in [1.165, 1.54) is 0 Å². The van der Waals surface area contributed by atoms with Crippen LogP contribution in [0.25, 0.3) is 0 Å². The molecule has 6 heteroatoms. The van der Waals surface area contributed by atoms with Crippen LogP contribution in [0.5, 0.6) is 0 Å². The lowest BCUT2D eigenvalue weighted by atomic mass is 10.3. The zero-order valence-electron chi connectivity index (χ0n) is 10.9. The van der Waals surface area contributed by atoms with E-state index in [0.717, 1.165) is 35.3 Å². The summed E-state index contributed by atoms with van der Waals surface area (Å²) in [6, 6.07) is 1.96. The number of nitrogens with one attached hydrogen (secondary N) is 1. The van der Waals surface area contributed by atoms with Crippen molar-refractivity contribution in [2.45, 2.75) is 40.4 Å². The third-order valence-corrected chi connectivity index (χ3v) is 3.35. The van der Waals surface area contributed by atoms with Crippen molar-refractivity contribution in [3.63, 3.8) is 0 Å². The maximum atomic E-state index is 6.24. The van der Waals surface area contributed by atoms with E-state index in [0.29, 0.717) is 6.54 Å². The molecule has 98 valence electrons. The monoisotopic (exact) mass is 267 g/mol. The number of hydrogen-bond donors (Lipinski definition) is 1. The lowest BCUT2D eigenvalue weighted by Crippen LogP contribution is -2.09. The molecular formula is C12H18ClN5. The van der Waals surface area contributed by atoms with Crippen LogP contribution >= 0.6 is 11.6 Å². The van der Waals surface area contributed by atoms with E-state index < -0.39 is 0 Å². The van der Waals surface area contributed by atoms with Gasteiger partial charge in [0, 0.05) is 25.4 Å². The number of aryl methyl sites for hydroxylation is 3. The van der Waals surface area contributed by atoms with Crippen molar-refractivity contribution in [1.29, 1.82) is 0 Å². The van der Waals surface area contributed by atoms with Crippen LogP contribution in [0.1, 0.15) is 25.2 Å². The lowest BCUT2D eigenvalue weighted by Gasteiger charge is -2.06. The predicted octanol–water partition coefficient (Wildman–Crippen LogP) is 2.69. The number of rotatable bonds is 5. The first-order valence-corrected chi connectivity index (χ1v) is 6.52. The van der Waals surface area contributed by atoms with Crippen molar-refractivity contribution >= 4 is 17.4 Å². The summed E-state index contributed by atoms with van der Waals surface area (Å²) in [5.74, 6) is 0.856. The van der Waals surface area contributed by atoms with Crippen LogP contribution in [0, 0.1) is 6.92 Å². The molecule has 1 N–H and O–H groups in total. The summed E-state index contributed by atoms with van der Waals surface area (Å²) in [6.07, 6.45) is 1.95. The Morgan fingerprint density at radius 3 is 2.67 bits per heavy atom. The minimum absolute atomic E-state index is 0.633. The fourth-order valence-corrected chi connectivity index (χ4v) is 2.05. The van der Waals surface area contributed by atoms with Crippen molar-refractivity contribution in [1.82, 2.24) is 19.6 Å². The van der Waals surface area contributed by atoms with Crippen molar-refractivity contribution in [3.8, 4) is 0 Å². The summed E-state index contributed by atoms with van der Waals surface area (Å²) in [7, 11) is 0. The normalized spacial score (nSPS) is 10.9. The van der Waals surface area contributed by atoms with Crippen molar-refractivity contribution < 1.29 is 0 Å². The number of halogens is 1. The predicted molar refractivity (Wildman–Crippen MR) is 72.9 cm³/mol. The van der Waals surface area contributed by atoms with E-state index >= 15 is 0 Å². The van der Waals surface area contributed by atoms with Gasteiger partial charge in [-0.3, -0.25) is 9.36 Å². The zero-order chi connectivity index (χ0) is 13.1. The summed E-state index contributed by atoms with van der Waals surface area (Å²) in [5.41, 5.74) is 1.87. The van der Waals surface area contributed by atoms with Crippen molar-refractivity contribution in [2.24, 2.45) is 0 Å². The SMILES string of the molecule is CCn1ccc(NCc2c(Cl)c(C)nn2CC)n1. The smallest absolute Gasteiger partial charge is 0.148 e. The molecule has 0 radical (unpaired) electrons.